The molecule has 0 saturated carbocycles. The number of aromatic nitrogens is 2. The number of nitrogens with zero attached hydrogens (tertiary/aromatic N) is 2. The molecule has 0 unspecified atom stereocenters. The molecule has 0 spiro atoms. The highest BCUT2D eigenvalue weighted by atomic mass is 79.9. The number of carbonyl (C=O) groups is 1. The SMILES string of the molecule is COc1ccc(C(=O)NCCc2ccc(-n3cccn3)cc2)cc1Br. The lowest BCUT2D eigenvalue weighted by atomic mass is 10.1. The largest absolute Gasteiger partial charge is 0.496 e. The number of rotatable bonds is 6. The third-order valence-electron chi connectivity index (χ3n) is 3.82. The van der Waals surface area contributed by atoms with Gasteiger partial charge in [0.1, 0.15) is 5.75 Å². The minimum absolute atomic E-state index is 0.100. The molecule has 0 saturated heterocycles. The minimum atomic E-state index is -0.100. The van der Waals surface area contributed by atoms with Crippen LogP contribution in [0.4, 0.5) is 0 Å². The van der Waals surface area contributed by atoms with Crippen LogP contribution in [0.3, 0.4) is 0 Å². The number of hydrogen-bond acceptors (Lipinski definition) is 3. The van der Waals surface area contributed by atoms with Crippen LogP contribution in [0.25, 0.3) is 5.69 Å². The molecular formula is C19H18BrN3O2. The lowest BCUT2D eigenvalue weighted by molar-refractivity contribution is 0.0954. The number of amides is 1. The first-order valence-corrected chi connectivity index (χ1v) is 8.67. The van der Waals surface area contributed by atoms with Crippen molar-refractivity contribution in [3.8, 4) is 11.4 Å². The zero-order chi connectivity index (χ0) is 17.6. The topological polar surface area (TPSA) is 56.1 Å². The maximum atomic E-state index is 12.2. The zero-order valence-electron chi connectivity index (χ0n) is 13.8. The molecule has 25 heavy (non-hydrogen) atoms. The summed E-state index contributed by atoms with van der Waals surface area (Å²) >= 11 is 3.39. The van der Waals surface area contributed by atoms with Gasteiger partial charge >= 0.3 is 0 Å². The zero-order valence-corrected chi connectivity index (χ0v) is 15.4. The molecule has 1 aromatic heterocycles. The van der Waals surface area contributed by atoms with Gasteiger partial charge in [-0.3, -0.25) is 4.79 Å². The second-order valence-electron chi connectivity index (χ2n) is 5.47. The Morgan fingerprint density at radius 2 is 2.04 bits per heavy atom. The van der Waals surface area contributed by atoms with Crippen LogP contribution < -0.4 is 10.1 Å². The summed E-state index contributed by atoms with van der Waals surface area (Å²) in [7, 11) is 1.59. The Hall–Kier alpha value is -2.60. The summed E-state index contributed by atoms with van der Waals surface area (Å²) in [6, 6.07) is 15.3. The van der Waals surface area contributed by atoms with Crippen LogP contribution in [0.5, 0.6) is 5.75 Å². The van der Waals surface area contributed by atoms with Crippen molar-refractivity contribution < 1.29 is 9.53 Å². The van der Waals surface area contributed by atoms with Gasteiger partial charge in [0.15, 0.2) is 0 Å². The number of methoxy groups -OCH3 is 1. The maximum absolute atomic E-state index is 12.2. The summed E-state index contributed by atoms with van der Waals surface area (Å²) in [5.41, 5.74) is 2.77. The molecule has 0 atom stereocenters. The Bertz CT molecular complexity index is 846. The summed E-state index contributed by atoms with van der Waals surface area (Å²) in [5, 5.41) is 7.14. The van der Waals surface area contributed by atoms with Gasteiger partial charge in [-0.15, -0.1) is 0 Å². The van der Waals surface area contributed by atoms with Crippen molar-refractivity contribution in [2.24, 2.45) is 0 Å². The summed E-state index contributed by atoms with van der Waals surface area (Å²) in [4.78, 5) is 12.2. The summed E-state index contributed by atoms with van der Waals surface area (Å²) in [6.45, 7) is 0.573. The summed E-state index contributed by atoms with van der Waals surface area (Å²) < 4.78 is 7.74. The van der Waals surface area contributed by atoms with E-state index in [-0.39, 0.29) is 5.91 Å². The van der Waals surface area contributed by atoms with E-state index in [4.69, 9.17) is 4.74 Å². The molecule has 0 aliphatic carbocycles. The third-order valence-corrected chi connectivity index (χ3v) is 4.44. The highest BCUT2D eigenvalue weighted by Gasteiger charge is 2.08. The van der Waals surface area contributed by atoms with Gasteiger partial charge in [-0.05, 0) is 64.3 Å². The van der Waals surface area contributed by atoms with Crippen LogP contribution in [-0.4, -0.2) is 29.3 Å². The smallest absolute Gasteiger partial charge is 0.251 e. The average molecular weight is 400 g/mol. The number of carbonyl (C=O) groups excluding carboxylic acids is 1. The minimum Gasteiger partial charge on any atom is -0.496 e. The van der Waals surface area contributed by atoms with Crippen molar-refractivity contribution in [1.82, 2.24) is 15.1 Å². The monoisotopic (exact) mass is 399 g/mol. The van der Waals surface area contributed by atoms with Crippen molar-refractivity contribution in [3.63, 3.8) is 0 Å². The van der Waals surface area contributed by atoms with Gasteiger partial charge in [0.2, 0.25) is 0 Å². The second kappa shape index (κ2) is 7.98. The molecule has 0 bridgehead atoms. The van der Waals surface area contributed by atoms with Crippen molar-refractivity contribution in [1.29, 1.82) is 0 Å². The van der Waals surface area contributed by atoms with E-state index in [0.717, 1.165) is 22.1 Å². The van der Waals surface area contributed by atoms with Crippen LogP contribution in [0.2, 0.25) is 0 Å². The molecule has 0 aliphatic heterocycles. The second-order valence-corrected chi connectivity index (χ2v) is 6.33. The molecular weight excluding hydrogens is 382 g/mol. The van der Waals surface area contributed by atoms with Crippen LogP contribution in [-0.2, 0) is 6.42 Å². The van der Waals surface area contributed by atoms with E-state index in [0.29, 0.717) is 17.9 Å². The van der Waals surface area contributed by atoms with Crippen molar-refractivity contribution in [2.45, 2.75) is 6.42 Å². The van der Waals surface area contributed by atoms with Gasteiger partial charge in [-0.2, -0.15) is 5.10 Å². The molecule has 1 amide bonds. The Balaban J connectivity index is 1.54. The van der Waals surface area contributed by atoms with Crippen molar-refractivity contribution in [2.75, 3.05) is 13.7 Å². The van der Waals surface area contributed by atoms with Gasteiger partial charge < -0.3 is 10.1 Å². The lowest BCUT2D eigenvalue weighted by Crippen LogP contribution is -2.25. The molecule has 0 aliphatic rings. The molecule has 3 aromatic rings. The van der Waals surface area contributed by atoms with Gasteiger partial charge in [0.25, 0.3) is 5.91 Å². The molecule has 1 N–H and O–H groups in total. The number of halogens is 1. The number of ether oxygens (including phenoxy) is 1. The fourth-order valence-electron chi connectivity index (χ4n) is 2.47. The average Bonchev–Trinajstić information content (AvgIpc) is 3.17. The molecule has 5 nitrogen and oxygen atoms in total. The van der Waals surface area contributed by atoms with Crippen LogP contribution in [0.1, 0.15) is 15.9 Å². The fourth-order valence-corrected chi connectivity index (χ4v) is 3.01. The van der Waals surface area contributed by atoms with E-state index in [2.05, 4.69) is 26.3 Å². The van der Waals surface area contributed by atoms with Gasteiger partial charge in [0.05, 0.1) is 17.3 Å². The van der Waals surface area contributed by atoms with Crippen LogP contribution in [0, 0.1) is 0 Å². The molecule has 3 rings (SSSR count). The number of hydrogen-bond donors (Lipinski definition) is 1. The molecule has 0 radical (unpaired) electrons. The first-order chi connectivity index (χ1) is 12.2. The first-order valence-electron chi connectivity index (χ1n) is 7.88. The van der Waals surface area contributed by atoms with Crippen molar-refractivity contribution >= 4 is 21.8 Å². The Kier molecular flexibility index (Phi) is 5.50. The number of benzene rings is 2. The highest BCUT2D eigenvalue weighted by molar-refractivity contribution is 9.10. The van der Waals surface area contributed by atoms with Gasteiger partial charge in [-0.25, -0.2) is 4.68 Å². The predicted molar refractivity (Wildman–Crippen MR) is 100 cm³/mol. The van der Waals surface area contributed by atoms with E-state index in [1.165, 1.54) is 0 Å². The van der Waals surface area contributed by atoms with Gasteiger partial charge in [-0.1, -0.05) is 12.1 Å². The van der Waals surface area contributed by atoms with Crippen LogP contribution in [0.15, 0.2) is 65.4 Å². The molecule has 0 fully saturated rings. The van der Waals surface area contributed by atoms with E-state index in [1.54, 1.807) is 31.5 Å². The van der Waals surface area contributed by atoms with Crippen molar-refractivity contribution in [3.05, 3.63) is 76.5 Å². The third kappa shape index (κ3) is 4.28. The Morgan fingerprint density at radius 3 is 2.68 bits per heavy atom. The predicted octanol–water partition coefficient (Wildman–Crippen LogP) is 3.62. The van der Waals surface area contributed by atoms with Crippen LogP contribution >= 0.6 is 15.9 Å². The normalized spacial score (nSPS) is 10.5. The van der Waals surface area contributed by atoms with E-state index in [1.807, 2.05) is 41.2 Å². The van der Waals surface area contributed by atoms with E-state index in [9.17, 15) is 4.79 Å². The maximum Gasteiger partial charge on any atom is 0.251 e. The Labute approximate surface area is 154 Å². The quantitative estimate of drug-likeness (QED) is 0.688. The fraction of sp³-hybridized carbons (Fsp3) is 0.158. The molecule has 1 heterocycles. The molecule has 128 valence electrons. The summed E-state index contributed by atoms with van der Waals surface area (Å²) in [6.07, 6.45) is 4.42. The first kappa shape index (κ1) is 17.2. The Morgan fingerprint density at radius 1 is 1.24 bits per heavy atom. The number of nitrogens with one attached hydrogen (secondary N) is 1. The highest BCUT2D eigenvalue weighted by Crippen LogP contribution is 2.25. The molecule has 6 heteroatoms. The molecule has 2 aromatic carbocycles. The standard InChI is InChI=1S/C19H18BrN3O2/c1-25-18-8-5-15(13-17(18)20)19(24)21-11-9-14-3-6-16(7-4-14)23-12-2-10-22-23/h2-8,10,12-13H,9,11H2,1H3,(H,21,24). The summed E-state index contributed by atoms with van der Waals surface area (Å²) in [5.74, 6) is 0.602. The van der Waals surface area contributed by atoms with E-state index >= 15 is 0 Å². The van der Waals surface area contributed by atoms with Gasteiger partial charge in [0, 0.05) is 24.5 Å². The lowest BCUT2D eigenvalue weighted by Gasteiger charge is -2.08. The van der Waals surface area contributed by atoms with E-state index < -0.39 is 0 Å².